The van der Waals surface area contributed by atoms with Crippen molar-refractivity contribution in [2.24, 2.45) is 0 Å². The Morgan fingerprint density at radius 2 is 2.17 bits per heavy atom. The fraction of sp³-hybridized carbons (Fsp3) is 0. The summed E-state index contributed by atoms with van der Waals surface area (Å²) in [6.07, 6.45) is 1.53. The molecule has 0 atom stereocenters. The number of aromatic nitrogens is 1. The zero-order valence-corrected chi connectivity index (χ0v) is 11.3. The van der Waals surface area contributed by atoms with Gasteiger partial charge in [-0.2, -0.15) is 0 Å². The van der Waals surface area contributed by atoms with E-state index in [1.54, 1.807) is 12.1 Å². The Labute approximate surface area is 116 Å². The van der Waals surface area contributed by atoms with Crippen molar-refractivity contribution >= 4 is 39.3 Å². The van der Waals surface area contributed by atoms with Crippen molar-refractivity contribution in [2.75, 3.05) is 5.32 Å². The lowest BCUT2D eigenvalue weighted by molar-refractivity contribution is 0.102. The highest BCUT2D eigenvalue weighted by Gasteiger charge is 2.13. The molecule has 0 aliphatic heterocycles. The highest BCUT2D eigenvalue weighted by atomic mass is 79.9. The SMILES string of the molecule is O=C(Nc1cc(Br)ccn1)c1cccc(F)c1Cl. The van der Waals surface area contributed by atoms with Crippen LogP contribution in [-0.4, -0.2) is 10.9 Å². The van der Waals surface area contributed by atoms with Gasteiger partial charge in [-0.25, -0.2) is 9.37 Å². The molecule has 2 aromatic rings. The Hall–Kier alpha value is -1.46. The topological polar surface area (TPSA) is 42.0 Å². The number of carbonyl (C=O) groups excluding carboxylic acids is 1. The smallest absolute Gasteiger partial charge is 0.258 e. The fourth-order valence-electron chi connectivity index (χ4n) is 1.34. The van der Waals surface area contributed by atoms with Crippen molar-refractivity contribution in [3.63, 3.8) is 0 Å². The van der Waals surface area contributed by atoms with Gasteiger partial charge in [0.2, 0.25) is 0 Å². The van der Waals surface area contributed by atoms with Gasteiger partial charge in [0, 0.05) is 10.7 Å². The molecule has 1 amide bonds. The van der Waals surface area contributed by atoms with Gasteiger partial charge in [0.15, 0.2) is 0 Å². The molecule has 0 spiro atoms. The number of amides is 1. The number of nitrogens with zero attached hydrogens (tertiary/aromatic N) is 1. The molecule has 3 nitrogen and oxygen atoms in total. The van der Waals surface area contributed by atoms with Crippen LogP contribution in [0.5, 0.6) is 0 Å². The Balaban J connectivity index is 2.25. The van der Waals surface area contributed by atoms with E-state index in [0.29, 0.717) is 5.82 Å². The summed E-state index contributed by atoms with van der Waals surface area (Å²) in [6, 6.07) is 7.41. The van der Waals surface area contributed by atoms with Gasteiger partial charge in [0.25, 0.3) is 5.91 Å². The summed E-state index contributed by atoms with van der Waals surface area (Å²) < 4.78 is 14.0. The van der Waals surface area contributed by atoms with E-state index < -0.39 is 11.7 Å². The quantitative estimate of drug-likeness (QED) is 0.908. The number of anilines is 1. The van der Waals surface area contributed by atoms with Gasteiger partial charge in [0.1, 0.15) is 11.6 Å². The van der Waals surface area contributed by atoms with Crippen molar-refractivity contribution in [2.45, 2.75) is 0 Å². The maximum atomic E-state index is 13.2. The molecule has 0 fully saturated rings. The van der Waals surface area contributed by atoms with Gasteiger partial charge in [0.05, 0.1) is 10.6 Å². The van der Waals surface area contributed by atoms with E-state index >= 15 is 0 Å². The third kappa shape index (κ3) is 2.86. The fourth-order valence-corrected chi connectivity index (χ4v) is 1.88. The number of halogens is 3. The third-order valence-corrected chi connectivity index (χ3v) is 3.04. The Bertz CT molecular complexity index is 606. The average Bonchev–Trinajstić information content (AvgIpc) is 2.32. The average molecular weight is 330 g/mol. The molecule has 1 aromatic carbocycles. The first-order chi connectivity index (χ1) is 8.58. The van der Waals surface area contributed by atoms with E-state index in [4.69, 9.17) is 11.6 Å². The molecule has 1 aromatic heterocycles. The highest BCUT2D eigenvalue weighted by molar-refractivity contribution is 9.10. The second kappa shape index (κ2) is 5.46. The number of hydrogen-bond acceptors (Lipinski definition) is 2. The summed E-state index contributed by atoms with van der Waals surface area (Å²) in [5.74, 6) is -0.786. The van der Waals surface area contributed by atoms with E-state index in [-0.39, 0.29) is 10.6 Å². The van der Waals surface area contributed by atoms with Crippen LogP contribution in [0.25, 0.3) is 0 Å². The first kappa shape index (κ1) is 13.0. The molecule has 1 heterocycles. The second-order valence-electron chi connectivity index (χ2n) is 3.41. The summed E-state index contributed by atoms with van der Waals surface area (Å²) in [6.45, 7) is 0. The lowest BCUT2D eigenvalue weighted by Gasteiger charge is -2.06. The first-order valence-corrected chi connectivity index (χ1v) is 6.12. The largest absolute Gasteiger partial charge is 0.306 e. The lowest BCUT2D eigenvalue weighted by Crippen LogP contribution is -2.13. The first-order valence-electron chi connectivity index (χ1n) is 4.95. The molecule has 0 bridgehead atoms. The van der Waals surface area contributed by atoms with Crippen LogP contribution in [0, 0.1) is 5.82 Å². The monoisotopic (exact) mass is 328 g/mol. The van der Waals surface area contributed by atoms with Crippen LogP contribution in [0.4, 0.5) is 10.2 Å². The minimum absolute atomic E-state index is 0.0680. The van der Waals surface area contributed by atoms with Crippen LogP contribution in [0.3, 0.4) is 0 Å². The standard InChI is InChI=1S/C12H7BrClFN2O/c13-7-4-5-16-10(6-7)17-12(18)8-2-1-3-9(15)11(8)14/h1-6H,(H,16,17,18). The zero-order chi connectivity index (χ0) is 13.1. The van der Waals surface area contributed by atoms with Crippen LogP contribution in [0.15, 0.2) is 41.0 Å². The van der Waals surface area contributed by atoms with Crippen LogP contribution in [0.2, 0.25) is 5.02 Å². The van der Waals surface area contributed by atoms with Crippen LogP contribution in [0.1, 0.15) is 10.4 Å². The van der Waals surface area contributed by atoms with Crippen LogP contribution >= 0.6 is 27.5 Å². The summed E-state index contributed by atoms with van der Waals surface area (Å²) in [5.41, 5.74) is 0.0680. The normalized spacial score (nSPS) is 10.2. The summed E-state index contributed by atoms with van der Waals surface area (Å²) >= 11 is 8.98. The summed E-state index contributed by atoms with van der Waals surface area (Å²) in [4.78, 5) is 15.8. The van der Waals surface area contributed by atoms with Crippen molar-refractivity contribution in [1.29, 1.82) is 0 Å². The minimum Gasteiger partial charge on any atom is -0.306 e. The molecule has 0 aliphatic carbocycles. The van der Waals surface area contributed by atoms with Crippen molar-refractivity contribution < 1.29 is 9.18 Å². The molecule has 92 valence electrons. The van der Waals surface area contributed by atoms with E-state index in [2.05, 4.69) is 26.2 Å². The summed E-state index contributed by atoms with van der Waals surface area (Å²) in [5, 5.41) is 2.33. The van der Waals surface area contributed by atoms with Crippen LogP contribution in [-0.2, 0) is 0 Å². The Kier molecular flexibility index (Phi) is 3.93. The van der Waals surface area contributed by atoms with E-state index in [1.807, 2.05) is 0 Å². The number of benzene rings is 1. The van der Waals surface area contributed by atoms with Crippen LogP contribution < -0.4 is 5.32 Å². The Morgan fingerprint density at radius 3 is 2.89 bits per heavy atom. The third-order valence-electron chi connectivity index (χ3n) is 2.16. The van der Waals surface area contributed by atoms with E-state index in [1.165, 1.54) is 24.4 Å². The van der Waals surface area contributed by atoms with Crippen molar-refractivity contribution in [1.82, 2.24) is 4.98 Å². The predicted molar refractivity (Wildman–Crippen MR) is 71.3 cm³/mol. The maximum absolute atomic E-state index is 13.2. The number of pyridine rings is 1. The molecule has 18 heavy (non-hydrogen) atoms. The van der Waals surface area contributed by atoms with Gasteiger partial charge in [-0.1, -0.05) is 33.6 Å². The maximum Gasteiger partial charge on any atom is 0.258 e. The molecular weight excluding hydrogens is 322 g/mol. The second-order valence-corrected chi connectivity index (χ2v) is 4.71. The lowest BCUT2D eigenvalue weighted by atomic mass is 10.2. The number of rotatable bonds is 2. The Morgan fingerprint density at radius 1 is 1.39 bits per heavy atom. The summed E-state index contributed by atoms with van der Waals surface area (Å²) in [7, 11) is 0. The molecule has 0 aliphatic rings. The molecule has 0 saturated heterocycles. The minimum atomic E-state index is -0.633. The molecule has 0 radical (unpaired) electrons. The van der Waals surface area contributed by atoms with Gasteiger partial charge in [-0.05, 0) is 24.3 Å². The number of hydrogen-bond donors (Lipinski definition) is 1. The van der Waals surface area contributed by atoms with Gasteiger partial charge >= 0.3 is 0 Å². The number of nitrogens with one attached hydrogen (secondary N) is 1. The number of carbonyl (C=O) groups is 1. The van der Waals surface area contributed by atoms with Gasteiger partial charge in [-0.15, -0.1) is 0 Å². The molecule has 2 rings (SSSR count). The van der Waals surface area contributed by atoms with Gasteiger partial charge < -0.3 is 5.32 Å². The molecule has 6 heteroatoms. The van der Waals surface area contributed by atoms with E-state index in [0.717, 1.165) is 4.47 Å². The molecule has 1 N–H and O–H groups in total. The highest BCUT2D eigenvalue weighted by Crippen LogP contribution is 2.21. The zero-order valence-electron chi connectivity index (χ0n) is 8.95. The van der Waals surface area contributed by atoms with Gasteiger partial charge in [-0.3, -0.25) is 4.79 Å². The van der Waals surface area contributed by atoms with Crippen molar-refractivity contribution in [3.05, 3.63) is 57.4 Å². The van der Waals surface area contributed by atoms with Crippen molar-refractivity contribution in [3.8, 4) is 0 Å². The van der Waals surface area contributed by atoms with E-state index in [9.17, 15) is 9.18 Å². The molecule has 0 unspecified atom stereocenters. The molecular formula is C12H7BrClFN2O. The molecule has 0 saturated carbocycles. The predicted octanol–water partition coefficient (Wildman–Crippen LogP) is 3.89.